The largest absolute Gasteiger partial charge is 0.439 e. The van der Waals surface area contributed by atoms with Gasteiger partial charge in [0.25, 0.3) is 0 Å². The molecule has 0 unspecified atom stereocenters. The second-order valence-corrected chi connectivity index (χ2v) is 19.3. The second-order valence-electron chi connectivity index (χ2n) is 19.3. The van der Waals surface area contributed by atoms with Crippen molar-refractivity contribution >= 4 is 17.7 Å². The van der Waals surface area contributed by atoms with Crippen LogP contribution in [0.3, 0.4) is 0 Å². The van der Waals surface area contributed by atoms with Crippen molar-refractivity contribution in [2.45, 2.75) is 235 Å². The minimum absolute atomic E-state index is 0.0218. The van der Waals surface area contributed by atoms with Gasteiger partial charge < -0.3 is 14.7 Å². The van der Waals surface area contributed by atoms with E-state index in [2.05, 4.69) is 19.0 Å². The number of unbranched alkanes of at least 4 members (excludes halogenated alkanes) is 24. The van der Waals surface area contributed by atoms with Crippen LogP contribution in [0.4, 0.5) is 0 Å². The molecule has 0 bridgehead atoms. The van der Waals surface area contributed by atoms with E-state index in [4.69, 9.17) is 9.47 Å². The zero-order chi connectivity index (χ0) is 43.4. The Labute approximate surface area is 362 Å². The minimum atomic E-state index is -0.635. The fourth-order valence-corrected chi connectivity index (χ4v) is 7.63. The molecule has 0 atom stereocenters. The fourth-order valence-electron chi connectivity index (χ4n) is 7.63. The van der Waals surface area contributed by atoms with E-state index >= 15 is 0 Å². The van der Waals surface area contributed by atoms with E-state index < -0.39 is 10.8 Å². The lowest BCUT2D eigenvalue weighted by Gasteiger charge is -2.21. The summed E-state index contributed by atoms with van der Waals surface area (Å²) in [5, 5.41) is 13.2. The number of benzene rings is 2. The van der Waals surface area contributed by atoms with Crippen molar-refractivity contribution in [3.05, 3.63) is 58.7 Å². The van der Waals surface area contributed by atoms with Crippen LogP contribution in [0, 0.1) is 10.8 Å². The molecule has 0 amide bonds. The van der Waals surface area contributed by atoms with Crippen LogP contribution in [0.5, 0.6) is 11.5 Å². The van der Waals surface area contributed by atoms with Crippen LogP contribution in [-0.2, 0) is 17.6 Å². The van der Waals surface area contributed by atoms with Gasteiger partial charge in [0.05, 0.1) is 5.41 Å². The number of nitrogens with zero attached hydrogens (tertiary/aromatic N) is 1. The van der Waals surface area contributed by atoms with E-state index in [1.165, 1.54) is 141 Å². The first-order valence-corrected chi connectivity index (χ1v) is 24.2. The summed E-state index contributed by atoms with van der Waals surface area (Å²) in [6.45, 7) is 15.9. The molecule has 0 spiro atoms. The van der Waals surface area contributed by atoms with Gasteiger partial charge in [0, 0.05) is 16.5 Å². The number of oxime groups is 1. The van der Waals surface area contributed by atoms with Gasteiger partial charge in [-0.2, -0.15) is 0 Å². The summed E-state index contributed by atoms with van der Waals surface area (Å²) in [4.78, 5) is 27.4. The lowest BCUT2D eigenvalue weighted by molar-refractivity contribution is -0.143. The van der Waals surface area contributed by atoms with Crippen LogP contribution in [0.2, 0.25) is 0 Å². The molecule has 6 heteroatoms. The Morgan fingerprint density at radius 2 is 0.797 bits per heavy atom. The molecule has 0 aliphatic heterocycles. The first-order valence-electron chi connectivity index (χ1n) is 24.2. The summed E-state index contributed by atoms with van der Waals surface area (Å²) in [6, 6.07) is 11.2. The van der Waals surface area contributed by atoms with Gasteiger partial charge in [0.2, 0.25) is 5.90 Å². The van der Waals surface area contributed by atoms with E-state index in [1.54, 1.807) is 6.07 Å². The van der Waals surface area contributed by atoms with Crippen molar-refractivity contribution in [2.24, 2.45) is 16.0 Å². The normalized spacial score (nSPS) is 12.2. The van der Waals surface area contributed by atoms with Gasteiger partial charge in [-0.15, -0.1) is 0 Å². The summed E-state index contributed by atoms with van der Waals surface area (Å²) in [5.41, 5.74) is 2.07. The maximum absolute atomic E-state index is 14.6. The predicted octanol–water partition coefficient (Wildman–Crippen LogP) is 16.3. The lowest BCUT2D eigenvalue weighted by Crippen LogP contribution is -2.26. The van der Waals surface area contributed by atoms with E-state index in [0.29, 0.717) is 22.6 Å². The van der Waals surface area contributed by atoms with Gasteiger partial charge in [0.15, 0.2) is 5.78 Å². The monoisotopic (exact) mass is 818 g/mol. The molecule has 334 valence electrons. The van der Waals surface area contributed by atoms with Gasteiger partial charge in [-0.25, -0.2) is 0 Å². The smallest absolute Gasteiger partial charge is 0.316 e. The van der Waals surface area contributed by atoms with Crippen molar-refractivity contribution in [1.29, 1.82) is 0 Å². The first kappa shape index (κ1) is 52.0. The number of esters is 1. The zero-order valence-electron chi connectivity index (χ0n) is 39.3. The van der Waals surface area contributed by atoms with E-state index in [0.717, 1.165) is 49.7 Å². The van der Waals surface area contributed by atoms with Gasteiger partial charge in [-0.05, 0) is 94.0 Å². The maximum Gasteiger partial charge on any atom is 0.316 e. The summed E-state index contributed by atoms with van der Waals surface area (Å²) < 4.78 is 11.9. The first-order chi connectivity index (χ1) is 28.3. The number of hydrogen-bond acceptors (Lipinski definition) is 6. The summed E-state index contributed by atoms with van der Waals surface area (Å²) in [7, 11) is 0. The van der Waals surface area contributed by atoms with Crippen molar-refractivity contribution in [3.63, 3.8) is 0 Å². The Morgan fingerprint density at radius 3 is 1.10 bits per heavy atom. The predicted molar refractivity (Wildman–Crippen MR) is 250 cm³/mol. The van der Waals surface area contributed by atoms with Gasteiger partial charge >= 0.3 is 5.97 Å². The number of carbonyl (C=O) groups is 2. The molecule has 59 heavy (non-hydrogen) atoms. The highest BCUT2D eigenvalue weighted by atomic mass is 16.5. The Bertz CT molecular complexity index is 1480. The van der Waals surface area contributed by atoms with E-state index in [1.807, 2.05) is 71.9 Å². The molecule has 2 aromatic rings. The third kappa shape index (κ3) is 22.3. The number of ketones is 1. The molecule has 0 saturated carbocycles. The van der Waals surface area contributed by atoms with E-state index in [-0.39, 0.29) is 17.7 Å². The Morgan fingerprint density at radius 1 is 0.475 bits per heavy atom. The third-order valence-electron chi connectivity index (χ3n) is 11.5. The molecular weight excluding hydrogens is 731 g/mol. The minimum Gasteiger partial charge on any atom is -0.439 e. The summed E-state index contributed by atoms with van der Waals surface area (Å²) >= 11 is 0. The molecule has 0 aliphatic rings. The SMILES string of the molecule is CCCCCCCCCCCCCCCc1cc(OC(=O)C(C)(C)C)ccc1C(=O)c1ccc(OC(=NO)C(C)(C)C)cc1CCCCCCCCCCCCCCC. The molecule has 0 aromatic heterocycles. The molecule has 0 aliphatic carbocycles. The van der Waals surface area contributed by atoms with Crippen LogP contribution in [-0.4, -0.2) is 22.9 Å². The van der Waals surface area contributed by atoms with E-state index in [9.17, 15) is 14.8 Å². The van der Waals surface area contributed by atoms with Crippen LogP contribution < -0.4 is 9.47 Å². The van der Waals surface area contributed by atoms with Crippen LogP contribution in [0.15, 0.2) is 41.6 Å². The van der Waals surface area contributed by atoms with Crippen LogP contribution in [0.25, 0.3) is 0 Å². The molecule has 6 nitrogen and oxygen atoms in total. The highest BCUT2D eigenvalue weighted by molar-refractivity contribution is 6.11. The number of carbonyl (C=O) groups excluding carboxylic acids is 2. The molecule has 0 radical (unpaired) electrons. The average Bonchev–Trinajstić information content (AvgIpc) is 3.19. The Balaban J connectivity index is 2.15. The van der Waals surface area contributed by atoms with Gasteiger partial charge in [-0.3, -0.25) is 9.59 Å². The van der Waals surface area contributed by atoms with Crippen molar-refractivity contribution in [1.82, 2.24) is 0 Å². The lowest BCUT2D eigenvalue weighted by atomic mass is 9.90. The number of ether oxygens (including phenoxy) is 2. The van der Waals surface area contributed by atoms with Gasteiger partial charge in [-0.1, -0.05) is 194 Å². The average molecular weight is 818 g/mol. The second kappa shape index (κ2) is 30.0. The van der Waals surface area contributed by atoms with Crippen molar-refractivity contribution in [3.8, 4) is 11.5 Å². The number of aryl methyl sites for hydroxylation is 2. The standard InChI is InChI=1S/C53H87NO5/c1-9-11-13-15-17-19-21-23-25-27-29-31-33-35-43-41-45(58-50(54-57)52(3,4)5)37-39-47(43)49(55)48-40-38-46(59-51(56)53(6,7)8)42-44(48)36-34-32-30-28-26-24-22-20-18-16-14-12-10-2/h37-42,57H,9-36H2,1-8H3. The topological polar surface area (TPSA) is 85.2 Å². The number of hydrogen-bond donors (Lipinski definition) is 1. The zero-order valence-corrected chi connectivity index (χ0v) is 39.3. The molecule has 2 rings (SSSR count). The van der Waals surface area contributed by atoms with Crippen LogP contribution in [0.1, 0.15) is 249 Å². The maximum atomic E-state index is 14.6. The summed E-state index contributed by atoms with van der Waals surface area (Å²) in [6.07, 6.45) is 34.8. The van der Waals surface area contributed by atoms with Crippen LogP contribution >= 0.6 is 0 Å². The highest BCUT2D eigenvalue weighted by Crippen LogP contribution is 2.30. The summed E-state index contributed by atoms with van der Waals surface area (Å²) in [5.74, 6) is 0.960. The molecule has 1 N–H and O–H groups in total. The van der Waals surface area contributed by atoms with Crippen molar-refractivity contribution in [2.75, 3.05) is 0 Å². The number of rotatable bonds is 32. The highest BCUT2D eigenvalue weighted by Gasteiger charge is 2.26. The van der Waals surface area contributed by atoms with Crippen molar-refractivity contribution < 1.29 is 24.3 Å². The fraction of sp³-hybridized carbons (Fsp3) is 0.717. The molecule has 0 saturated heterocycles. The quantitative estimate of drug-likeness (QED) is 0.0116. The van der Waals surface area contributed by atoms with Gasteiger partial charge in [0.1, 0.15) is 11.5 Å². The Hall–Kier alpha value is -3.15. The molecular formula is C53H87NO5. The Kier molecular flexibility index (Phi) is 26.4. The molecule has 0 fully saturated rings. The third-order valence-corrected chi connectivity index (χ3v) is 11.5. The molecule has 2 aromatic carbocycles. The molecule has 0 heterocycles.